The van der Waals surface area contributed by atoms with Crippen molar-refractivity contribution in [1.82, 2.24) is 0 Å². The fourth-order valence-electron chi connectivity index (χ4n) is 2.82. The van der Waals surface area contributed by atoms with E-state index in [4.69, 9.17) is 9.47 Å². The first kappa shape index (κ1) is 18.6. The number of nitro benzene ring substituents is 1. The maximum Gasteiger partial charge on any atom is 0.310 e. The number of rotatable bonds is 10. The van der Waals surface area contributed by atoms with Crippen molar-refractivity contribution in [2.45, 2.75) is 19.8 Å². The molecule has 2 rings (SSSR count). The number of nitro groups is 1. The number of nitrogens with zero attached hydrogens (tertiary/aromatic N) is 1. The highest BCUT2D eigenvalue weighted by atomic mass is 16.6. The molecule has 0 bridgehead atoms. The van der Waals surface area contributed by atoms with Crippen LogP contribution in [-0.4, -0.2) is 57.5 Å². The predicted molar refractivity (Wildman–Crippen MR) is 90.6 cm³/mol. The number of hydrogen-bond donors (Lipinski definition) is 2. The number of nitrogens with two attached hydrogens (primary N) is 1. The fourth-order valence-corrected chi connectivity index (χ4v) is 2.82. The minimum Gasteiger partial charge on any atom is -0.487 e. The normalized spacial score (nSPS) is 15.4. The molecule has 7 heteroatoms. The molecule has 0 amide bonds. The van der Waals surface area contributed by atoms with Crippen molar-refractivity contribution in [3.63, 3.8) is 0 Å². The number of benzene rings is 1. The van der Waals surface area contributed by atoms with Gasteiger partial charge in [-0.2, -0.15) is 0 Å². The molecule has 0 aliphatic carbocycles. The van der Waals surface area contributed by atoms with Gasteiger partial charge in [-0.05, 0) is 31.4 Å². The average Bonchev–Trinajstić information content (AvgIpc) is 2.58. The molecular weight excluding hydrogens is 310 g/mol. The van der Waals surface area contributed by atoms with Gasteiger partial charge in [-0.15, -0.1) is 0 Å². The minimum absolute atomic E-state index is 0.0423. The van der Waals surface area contributed by atoms with Crippen LogP contribution in [-0.2, 0) is 4.74 Å². The molecule has 0 atom stereocenters. The average molecular weight is 339 g/mol. The smallest absolute Gasteiger partial charge is 0.310 e. The maximum absolute atomic E-state index is 11.0. The molecule has 0 saturated carbocycles. The van der Waals surface area contributed by atoms with Gasteiger partial charge in [0.15, 0.2) is 5.75 Å². The molecule has 1 fully saturated rings. The molecule has 1 aromatic carbocycles. The van der Waals surface area contributed by atoms with Crippen molar-refractivity contribution < 1.29 is 24.6 Å². The summed E-state index contributed by atoms with van der Waals surface area (Å²) < 4.78 is 11.0. The van der Waals surface area contributed by atoms with E-state index in [9.17, 15) is 10.1 Å². The van der Waals surface area contributed by atoms with Crippen LogP contribution >= 0.6 is 0 Å². The van der Waals surface area contributed by atoms with Gasteiger partial charge in [0.05, 0.1) is 31.3 Å². The molecule has 24 heavy (non-hydrogen) atoms. The zero-order valence-electron chi connectivity index (χ0n) is 14.5. The Hall–Kier alpha value is -1.70. The lowest BCUT2D eigenvalue weighted by Gasteiger charge is -2.22. The Morgan fingerprint density at radius 3 is 2.83 bits per heavy atom. The first-order chi connectivity index (χ1) is 11.7. The Balaban J connectivity index is 1.55. The molecule has 1 aliphatic rings. The summed E-state index contributed by atoms with van der Waals surface area (Å²) in [5.74, 6) is 0.375. The molecule has 1 saturated heterocycles. The van der Waals surface area contributed by atoms with Gasteiger partial charge in [-0.25, -0.2) is 0 Å². The van der Waals surface area contributed by atoms with Crippen LogP contribution in [0.4, 0.5) is 5.69 Å². The Morgan fingerprint density at radius 1 is 1.29 bits per heavy atom. The van der Waals surface area contributed by atoms with Crippen LogP contribution in [0.1, 0.15) is 18.4 Å². The summed E-state index contributed by atoms with van der Waals surface area (Å²) in [6.45, 7) is 9.84. The van der Waals surface area contributed by atoms with Crippen molar-refractivity contribution in [2.75, 3.05) is 52.5 Å². The van der Waals surface area contributed by atoms with Gasteiger partial charge in [0, 0.05) is 6.07 Å². The van der Waals surface area contributed by atoms with E-state index in [2.05, 4.69) is 5.32 Å². The van der Waals surface area contributed by atoms with Crippen molar-refractivity contribution in [3.8, 4) is 5.75 Å². The van der Waals surface area contributed by atoms with Crippen LogP contribution < -0.4 is 15.0 Å². The van der Waals surface area contributed by atoms with Crippen LogP contribution in [0.5, 0.6) is 5.75 Å². The molecular formula is C17H29N3O4+2. The predicted octanol–water partition coefficient (Wildman–Crippen LogP) is -0.459. The second kappa shape index (κ2) is 10.2. The summed E-state index contributed by atoms with van der Waals surface area (Å²) in [6.07, 6.45) is 1.96. The molecule has 0 unspecified atom stereocenters. The van der Waals surface area contributed by atoms with Gasteiger partial charge < -0.3 is 19.7 Å². The Kier molecular flexibility index (Phi) is 7.94. The monoisotopic (exact) mass is 339 g/mol. The molecule has 1 aromatic rings. The van der Waals surface area contributed by atoms with E-state index >= 15 is 0 Å². The Bertz CT molecular complexity index is 519. The van der Waals surface area contributed by atoms with Gasteiger partial charge >= 0.3 is 5.69 Å². The van der Waals surface area contributed by atoms with Crippen LogP contribution in [0.25, 0.3) is 0 Å². The molecule has 0 radical (unpaired) electrons. The first-order valence-corrected chi connectivity index (χ1v) is 8.77. The molecule has 0 aromatic heterocycles. The lowest BCUT2D eigenvalue weighted by Crippen LogP contribution is -3.16. The van der Waals surface area contributed by atoms with Crippen LogP contribution in [0.2, 0.25) is 0 Å². The number of aryl methyl sites for hydroxylation is 1. The summed E-state index contributed by atoms with van der Waals surface area (Å²) in [7, 11) is 0. The second-order valence-corrected chi connectivity index (χ2v) is 6.26. The third kappa shape index (κ3) is 6.43. The van der Waals surface area contributed by atoms with Gasteiger partial charge in [-0.3, -0.25) is 10.1 Å². The number of hydrogen-bond acceptors (Lipinski definition) is 4. The van der Waals surface area contributed by atoms with Gasteiger partial charge in [-0.1, -0.05) is 6.07 Å². The van der Waals surface area contributed by atoms with Crippen molar-refractivity contribution in [1.29, 1.82) is 0 Å². The minimum atomic E-state index is -0.392. The van der Waals surface area contributed by atoms with E-state index in [1.54, 1.807) is 17.0 Å². The second-order valence-electron chi connectivity index (χ2n) is 6.26. The molecule has 7 nitrogen and oxygen atoms in total. The standard InChI is InChI=1S/C17H27N3O4/c1-15-4-5-16(20(21)22)17(14-15)24-11-3-2-6-18-7-8-19-9-12-23-13-10-19/h4-5,14,18H,2-3,6-13H2,1H3/p+2. The lowest BCUT2D eigenvalue weighted by atomic mass is 10.2. The fraction of sp³-hybridized carbons (Fsp3) is 0.647. The number of unbranched alkanes of at least 4 members (excludes halogenated alkanes) is 1. The number of morpholine rings is 1. The van der Waals surface area contributed by atoms with Gasteiger partial charge in [0.25, 0.3) is 0 Å². The first-order valence-electron chi connectivity index (χ1n) is 8.77. The van der Waals surface area contributed by atoms with Crippen LogP contribution in [0.3, 0.4) is 0 Å². The summed E-state index contributed by atoms with van der Waals surface area (Å²) in [5, 5.41) is 13.3. The third-order valence-corrected chi connectivity index (χ3v) is 4.27. The van der Waals surface area contributed by atoms with Crippen molar-refractivity contribution in [3.05, 3.63) is 33.9 Å². The van der Waals surface area contributed by atoms with E-state index in [0.717, 1.165) is 57.8 Å². The summed E-state index contributed by atoms with van der Waals surface area (Å²) in [4.78, 5) is 12.2. The quantitative estimate of drug-likeness (QED) is 0.343. The third-order valence-electron chi connectivity index (χ3n) is 4.27. The van der Waals surface area contributed by atoms with Crippen molar-refractivity contribution >= 4 is 5.69 Å². The zero-order valence-corrected chi connectivity index (χ0v) is 14.5. The van der Waals surface area contributed by atoms with E-state index in [0.29, 0.717) is 12.4 Å². The summed E-state index contributed by atoms with van der Waals surface area (Å²) in [6, 6.07) is 4.97. The number of nitrogens with one attached hydrogen (secondary N) is 1. The summed E-state index contributed by atoms with van der Waals surface area (Å²) >= 11 is 0. The van der Waals surface area contributed by atoms with Crippen LogP contribution in [0.15, 0.2) is 18.2 Å². The van der Waals surface area contributed by atoms with E-state index in [-0.39, 0.29) is 5.69 Å². The van der Waals surface area contributed by atoms with E-state index in [1.807, 2.05) is 6.92 Å². The maximum atomic E-state index is 11.0. The molecule has 1 aliphatic heterocycles. The number of ether oxygens (including phenoxy) is 2. The van der Waals surface area contributed by atoms with Crippen LogP contribution in [0, 0.1) is 17.0 Å². The Labute approximate surface area is 143 Å². The highest BCUT2D eigenvalue weighted by molar-refractivity contribution is 5.48. The topological polar surface area (TPSA) is 82.7 Å². The highest BCUT2D eigenvalue weighted by Crippen LogP contribution is 2.27. The zero-order chi connectivity index (χ0) is 17.2. The molecule has 134 valence electrons. The van der Waals surface area contributed by atoms with Crippen molar-refractivity contribution in [2.24, 2.45) is 0 Å². The highest BCUT2D eigenvalue weighted by Gasteiger charge is 2.15. The molecule has 3 N–H and O–H groups in total. The van der Waals surface area contributed by atoms with E-state index < -0.39 is 4.92 Å². The van der Waals surface area contributed by atoms with E-state index in [1.165, 1.54) is 12.6 Å². The largest absolute Gasteiger partial charge is 0.487 e. The molecule has 1 heterocycles. The SMILES string of the molecule is Cc1ccc([N+](=O)[O-])c(OCCCC[NH2+]CC[NH+]2CCOCC2)c1. The van der Waals surface area contributed by atoms with Gasteiger partial charge in [0.2, 0.25) is 0 Å². The molecule has 0 spiro atoms. The van der Waals surface area contributed by atoms with Gasteiger partial charge in [0.1, 0.15) is 26.2 Å². The Morgan fingerprint density at radius 2 is 2.08 bits per heavy atom. The number of quaternary nitrogens is 2. The lowest BCUT2D eigenvalue weighted by molar-refractivity contribution is -0.919. The summed E-state index contributed by atoms with van der Waals surface area (Å²) in [5.41, 5.74) is 1.01.